The van der Waals surface area contributed by atoms with Crippen molar-refractivity contribution in [1.29, 1.82) is 0 Å². The molecule has 2 aromatic heterocycles. The lowest BCUT2D eigenvalue weighted by Gasteiger charge is -2.39. The third-order valence-electron chi connectivity index (χ3n) is 11.7. The molecule has 0 unspecified atom stereocenters. The summed E-state index contributed by atoms with van der Waals surface area (Å²) in [7, 11) is 0. The number of benzene rings is 8. The van der Waals surface area contributed by atoms with Crippen LogP contribution >= 0.6 is 0 Å². The topological polar surface area (TPSA) is 39.9 Å². The van der Waals surface area contributed by atoms with Crippen molar-refractivity contribution in [3.05, 3.63) is 210 Å². The molecule has 0 saturated carbocycles. The molecule has 1 spiro atoms. The Morgan fingerprint density at radius 3 is 1.85 bits per heavy atom. The lowest BCUT2D eigenvalue weighted by molar-refractivity contribution is 0.436. The Hall–Kier alpha value is -7.30. The van der Waals surface area contributed by atoms with Gasteiger partial charge in [0.15, 0.2) is 0 Å². The molecule has 0 saturated heterocycles. The van der Waals surface area contributed by atoms with Crippen molar-refractivity contribution in [2.75, 3.05) is 0 Å². The van der Waals surface area contributed by atoms with Crippen molar-refractivity contribution in [1.82, 2.24) is 14.5 Å². The number of hydrogen-bond donors (Lipinski definition) is 0. The molecule has 0 fully saturated rings. The predicted molar refractivity (Wildman–Crippen MR) is 222 cm³/mol. The SMILES string of the molecule is c1ccc(-c2cccc(-c3nc(-n4c5ccccc5c5cc6c(cc54)-c4ccccc4C64c5ccccc5Oc5ccccc54)nc4ccccc34)c2)cc1. The monoisotopic (exact) mass is 701 g/mol. The van der Waals surface area contributed by atoms with E-state index in [9.17, 15) is 0 Å². The Morgan fingerprint density at radius 2 is 1.04 bits per heavy atom. The molecule has 1 aliphatic carbocycles. The minimum atomic E-state index is -0.550. The second-order valence-corrected chi connectivity index (χ2v) is 14.5. The molecule has 0 atom stereocenters. The van der Waals surface area contributed by atoms with E-state index in [-0.39, 0.29) is 0 Å². The summed E-state index contributed by atoms with van der Waals surface area (Å²) in [4.78, 5) is 10.8. The van der Waals surface area contributed by atoms with Crippen LogP contribution in [0.15, 0.2) is 188 Å². The van der Waals surface area contributed by atoms with Gasteiger partial charge in [0.25, 0.3) is 0 Å². The van der Waals surface area contributed by atoms with Crippen molar-refractivity contribution < 1.29 is 4.74 Å². The van der Waals surface area contributed by atoms with Gasteiger partial charge in [0.05, 0.1) is 27.7 Å². The van der Waals surface area contributed by atoms with Crippen molar-refractivity contribution in [3.63, 3.8) is 0 Å². The Bertz CT molecular complexity index is 3150. The van der Waals surface area contributed by atoms with E-state index in [1.165, 1.54) is 27.8 Å². The zero-order valence-electron chi connectivity index (χ0n) is 29.6. The molecule has 256 valence electrons. The van der Waals surface area contributed by atoms with Crippen LogP contribution in [0.3, 0.4) is 0 Å². The van der Waals surface area contributed by atoms with Gasteiger partial charge in [-0.3, -0.25) is 4.57 Å². The van der Waals surface area contributed by atoms with Gasteiger partial charge < -0.3 is 4.74 Å². The molecule has 3 heterocycles. The first kappa shape index (κ1) is 30.2. The van der Waals surface area contributed by atoms with Crippen molar-refractivity contribution in [2.24, 2.45) is 0 Å². The first-order valence-corrected chi connectivity index (χ1v) is 18.7. The molecular formula is C51H31N3O. The van der Waals surface area contributed by atoms with Crippen LogP contribution < -0.4 is 4.74 Å². The molecule has 12 rings (SSSR count). The Kier molecular flexibility index (Phi) is 6.23. The first-order valence-electron chi connectivity index (χ1n) is 18.7. The van der Waals surface area contributed by atoms with Crippen LogP contribution in [0.5, 0.6) is 11.5 Å². The number of fused-ring (bicyclic) bond motifs is 13. The smallest absolute Gasteiger partial charge is 0.235 e. The maximum atomic E-state index is 6.61. The molecule has 10 aromatic rings. The minimum absolute atomic E-state index is 0.550. The summed E-state index contributed by atoms with van der Waals surface area (Å²) in [5.74, 6) is 2.42. The molecule has 0 radical (unpaired) electrons. The number of hydrogen-bond acceptors (Lipinski definition) is 3. The van der Waals surface area contributed by atoms with Crippen LogP contribution in [0.1, 0.15) is 22.3 Å². The third-order valence-corrected chi connectivity index (χ3v) is 11.7. The zero-order valence-corrected chi connectivity index (χ0v) is 29.6. The number of rotatable bonds is 3. The summed E-state index contributed by atoms with van der Waals surface area (Å²) >= 11 is 0. The van der Waals surface area contributed by atoms with Gasteiger partial charge >= 0.3 is 0 Å². The highest BCUT2D eigenvalue weighted by molar-refractivity contribution is 6.12. The maximum absolute atomic E-state index is 6.61. The highest BCUT2D eigenvalue weighted by Gasteiger charge is 2.51. The fourth-order valence-electron chi connectivity index (χ4n) is 9.39. The molecule has 1 aliphatic heterocycles. The second kappa shape index (κ2) is 11.3. The summed E-state index contributed by atoms with van der Waals surface area (Å²) in [5, 5.41) is 3.34. The van der Waals surface area contributed by atoms with E-state index in [1.54, 1.807) is 0 Å². The Morgan fingerprint density at radius 1 is 0.400 bits per heavy atom. The maximum Gasteiger partial charge on any atom is 0.235 e. The molecule has 55 heavy (non-hydrogen) atoms. The van der Waals surface area contributed by atoms with E-state index in [0.717, 1.165) is 72.2 Å². The van der Waals surface area contributed by atoms with Gasteiger partial charge in [-0.25, -0.2) is 9.97 Å². The van der Waals surface area contributed by atoms with Gasteiger partial charge in [-0.05, 0) is 75.8 Å². The van der Waals surface area contributed by atoms with E-state index in [2.05, 4.69) is 193 Å². The largest absolute Gasteiger partial charge is 0.457 e. The summed E-state index contributed by atoms with van der Waals surface area (Å²) in [6.07, 6.45) is 0. The third kappa shape index (κ3) is 4.16. The van der Waals surface area contributed by atoms with E-state index in [1.807, 2.05) is 0 Å². The summed E-state index contributed by atoms with van der Waals surface area (Å²) < 4.78 is 8.87. The van der Waals surface area contributed by atoms with Gasteiger partial charge in [-0.2, -0.15) is 0 Å². The van der Waals surface area contributed by atoms with Gasteiger partial charge in [-0.1, -0.05) is 146 Å². The van der Waals surface area contributed by atoms with Crippen molar-refractivity contribution >= 4 is 32.7 Å². The summed E-state index contributed by atoms with van der Waals surface area (Å²) in [6, 6.07) is 67.0. The van der Waals surface area contributed by atoms with Gasteiger partial charge in [0, 0.05) is 32.8 Å². The number of nitrogens with zero attached hydrogens (tertiary/aromatic N) is 3. The van der Waals surface area contributed by atoms with Crippen LogP contribution in [-0.2, 0) is 5.41 Å². The fraction of sp³-hybridized carbons (Fsp3) is 0.0196. The van der Waals surface area contributed by atoms with Crippen LogP contribution in [0.4, 0.5) is 0 Å². The van der Waals surface area contributed by atoms with Crippen LogP contribution in [0.25, 0.3) is 72.2 Å². The van der Waals surface area contributed by atoms with Crippen molar-refractivity contribution in [3.8, 4) is 51.0 Å². The van der Waals surface area contributed by atoms with E-state index in [4.69, 9.17) is 14.7 Å². The molecule has 0 bridgehead atoms. The normalized spacial score (nSPS) is 13.4. The molecule has 0 N–H and O–H groups in total. The van der Waals surface area contributed by atoms with Gasteiger partial charge in [0.2, 0.25) is 5.95 Å². The second-order valence-electron chi connectivity index (χ2n) is 14.5. The molecule has 2 aliphatic rings. The highest BCUT2D eigenvalue weighted by atomic mass is 16.5. The molecule has 4 heteroatoms. The molecular weight excluding hydrogens is 671 g/mol. The van der Waals surface area contributed by atoms with Crippen LogP contribution in [-0.4, -0.2) is 14.5 Å². The van der Waals surface area contributed by atoms with E-state index < -0.39 is 5.41 Å². The number of para-hydroxylation sites is 4. The average Bonchev–Trinajstić information content (AvgIpc) is 3.73. The molecule has 8 aromatic carbocycles. The fourth-order valence-corrected chi connectivity index (χ4v) is 9.39. The number of ether oxygens (including phenoxy) is 1. The van der Waals surface area contributed by atoms with Gasteiger partial charge in [-0.15, -0.1) is 0 Å². The van der Waals surface area contributed by atoms with Crippen LogP contribution in [0, 0.1) is 0 Å². The molecule has 4 nitrogen and oxygen atoms in total. The van der Waals surface area contributed by atoms with Gasteiger partial charge in [0.1, 0.15) is 11.5 Å². The van der Waals surface area contributed by atoms with E-state index in [0.29, 0.717) is 5.95 Å². The predicted octanol–water partition coefficient (Wildman–Crippen LogP) is 12.5. The summed E-state index contributed by atoms with van der Waals surface area (Å²) in [5.41, 5.74) is 14.0. The van der Waals surface area contributed by atoms with E-state index >= 15 is 0 Å². The Labute approximate surface area is 317 Å². The first-order chi connectivity index (χ1) is 27.3. The summed E-state index contributed by atoms with van der Waals surface area (Å²) in [6.45, 7) is 0. The Balaban J connectivity index is 1.16. The van der Waals surface area contributed by atoms with Crippen molar-refractivity contribution in [2.45, 2.75) is 5.41 Å². The standard InChI is InChI=1S/C51H31N3O/c1-2-15-32(16-3-1)33-17-14-18-34(29-33)49-37-21-5-10-25-44(37)52-50(53-49)54-45-26-11-6-20-36(45)39-30-43-38(31-46(39)54)35-19-4-7-22-40(35)51(43)41-23-8-12-27-47(41)55-48-28-13-9-24-42(48)51/h1-31H. The lowest BCUT2D eigenvalue weighted by Crippen LogP contribution is -2.32. The number of aromatic nitrogens is 3. The van der Waals surface area contributed by atoms with Crippen LogP contribution in [0.2, 0.25) is 0 Å². The highest BCUT2D eigenvalue weighted by Crippen LogP contribution is 2.62. The minimum Gasteiger partial charge on any atom is -0.457 e. The lowest BCUT2D eigenvalue weighted by atomic mass is 9.66. The zero-order chi connectivity index (χ0) is 36.1. The molecule has 0 amide bonds. The average molecular weight is 702 g/mol. The quantitative estimate of drug-likeness (QED) is 0.184.